The Morgan fingerprint density at radius 3 is 2.33 bits per heavy atom. The normalized spacial score (nSPS) is 19.8. The second kappa shape index (κ2) is 14.1. The monoisotopic (exact) mass is 643 g/mol. The van der Waals surface area contributed by atoms with E-state index in [4.69, 9.17) is 21.1 Å². The summed E-state index contributed by atoms with van der Waals surface area (Å²) in [7, 11) is 0. The number of amides is 1. The van der Waals surface area contributed by atoms with Gasteiger partial charge in [0.15, 0.2) is 5.75 Å². The van der Waals surface area contributed by atoms with Gasteiger partial charge in [-0.2, -0.15) is 0 Å². The number of anilines is 2. The standard InChI is InChI=1S/C32H40ClF2N7O3/c1-20(21-7-10-41(11-8-21)29-36-14-22(33)15-37-29)9-12-44-24-16-38-30(39-17-24)42-18-26(25-13-23(34)5-6-27(25)35)28(19-42)40-31(43)45-32(2,3)4/h5-6,13-17,20-21,26,28H,7-12,18-19H2,1-4H3,(H,40,43)/t20-,26+,28-/m1/s1. The van der Waals surface area contributed by atoms with Crippen molar-refractivity contribution in [2.45, 2.75) is 64.5 Å². The van der Waals surface area contributed by atoms with Crippen LogP contribution in [0.5, 0.6) is 5.75 Å². The van der Waals surface area contributed by atoms with Gasteiger partial charge in [0.05, 0.1) is 42.5 Å². The molecule has 3 atom stereocenters. The van der Waals surface area contributed by atoms with Crippen molar-refractivity contribution in [2.75, 3.05) is 42.6 Å². The summed E-state index contributed by atoms with van der Waals surface area (Å²) in [5, 5.41) is 3.37. The zero-order valence-corrected chi connectivity index (χ0v) is 26.8. The van der Waals surface area contributed by atoms with E-state index in [2.05, 4.69) is 37.1 Å². The Hall–Kier alpha value is -3.80. The maximum Gasteiger partial charge on any atom is 0.407 e. The molecule has 0 radical (unpaired) electrons. The Morgan fingerprint density at radius 2 is 1.67 bits per heavy atom. The minimum Gasteiger partial charge on any atom is -0.490 e. The van der Waals surface area contributed by atoms with Crippen LogP contribution in [0.2, 0.25) is 5.02 Å². The van der Waals surface area contributed by atoms with Crippen molar-refractivity contribution in [2.24, 2.45) is 11.8 Å². The van der Waals surface area contributed by atoms with Crippen molar-refractivity contribution in [1.29, 1.82) is 0 Å². The molecular weight excluding hydrogens is 604 g/mol. The summed E-state index contributed by atoms with van der Waals surface area (Å²) in [5.41, 5.74) is -0.527. The summed E-state index contributed by atoms with van der Waals surface area (Å²) >= 11 is 5.91. The number of ether oxygens (including phenoxy) is 2. The van der Waals surface area contributed by atoms with Crippen LogP contribution >= 0.6 is 11.6 Å². The molecule has 3 aromatic rings. The van der Waals surface area contributed by atoms with Gasteiger partial charge in [0.2, 0.25) is 11.9 Å². The van der Waals surface area contributed by atoms with Gasteiger partial charge in [-0.3, -0.25) is 0 Å². The lowest BCUT2D eigenvalue weighted by molar-refractivity contribution is 0.0504. The van der Waals surface area contributed by atoms with E-state index < -0.39 is 35.3 Å². The second-order valence-electron chi connectivity index (χ2n) is 12.8. The number of nitrogens with one attached hydrogen (secondary N) is 1. The molecule has 0 unspecified atom stereocenters. The Morgan fingerprint density at radius 1 is 1.02 bits per heavy atom. The fraction of sp³-hybridized carbons (Fsp3) is 0.531. The van der Waals surface area contributed by atoms with Gasteiger partial charge in [-0.05, 0) is 75.6 Å². The highest BCUT2D eigenvalue weighted by Gasteiger charge is 2.38. The van der Waals surface area contributed by atoms with Crippen molar-refractivity contribution in [3.63, 3.8) is 0 Å². The zero-order chi connectivity index (χ0) is 32.1. The average molecular weight is 644 g/mol. The number of nitrogens with zero attached hydrogens (tertiary/aromatic N) is 6. The summed E-state index contributed by atoms with van der Waals surface area (Å²) in [6, 6.07) is 2.79. The average Bonchev–Trinajstić information content (AvgIpc) is 3.41. The largest absolute Gasteiger partial charge is 0.490 e. The van der Waals surface area contributed by atoms with Gasteiger partial charge in [-0.15, -0.1) is 0 Å². The number of hydrogen-bond donors (Lipinski definition) is 1. The molecule has 0 aliphatic carbocycles. The van der Waals surface area contributed by atoms with Gasteiger partial charge in [0.25, 0.3) is 0 Å². The highest BCUT2D eigenvalue weighted by Crippen LogP contribution is 2.33. The molecule has 1 N–H and O–H groups in total. The van der Waals surface area contributed by atoms with Crippen LogP contribution in [0.15, 0.2) is 43.0 Å². The van der Waals surface area contributed by atoms with Crippen molar-refractivity contribution < 1.29 is 23.0 Å². The summed E-state index contributed by atoms with van der Waals surface area (Å²) in [6.07, 6.45) is 8.88. The number of benzene rings is 1. The molecule has 0 spiro atoms. The highest BCUT2D eigenvalue weighted by molar-refractivity contribution is 6.30. The number of alkyl carbamates (subject to hydrolysis) is 1. The first-order valence-electron chi connectivity index (χ1n) is 15.3. The predicted molar refractivity (Wildman–Crippen MR) is 168 cm³/mol. The van der Waals surface area contributed by atoms with Gasteiger partial charge in [0.1, 0.15) is 17.2 Å². The number of halogens is 3. The number of rotatable bonds is 9. The molecule has 1 aromatic carbocycles. The molecule has 2 saturated heterocycles. The number of carbonyl (C=O) groups excluding carboxylic acids is 1. The second-order valence-corrected chi connectivity index (χ2v) is 13.2. The maximum absolute atomic E-state index is 14.8. The molecule has 2 aliphatic rings. The number of piperidine rings is 1. The van der Waals surface area contributed by atoms with Gasteiger partial charge in [-0.25, -0.2) is 33.5 Å². The van der Waals surface area contributed by atoms with Crippen LogP contribution in [0.1, 0.15) is 58.4 Å². The lowest BCUT2D eigenvalue weighted by atomic mass is 9.84. The van der Waals surface area contributed by atoms with E-state index >= 15 is 0 Å². The highest BCUT2D eigenvalue weighted by atomic mass is 35.5. The smallest absolute Gasteiger partial charge is 0.407 e. The Balaban J connectivity index is 1.14. The van der Waals surface area contributed by atoms with Crippen molar-refractivity contribution in [3.05, 3.63) is 65.2 Å². The van der Waals surface area contributed by atoms with Crippen LogP contribution in [-0.4, -0.2) is 70.5 Å². The molecule has 242 valence electrons. The molecule has 5 rings (SSSR count). The summed E-state index contributed by atoms with van der Waals surface area (Å²) in [6.45, 7) is 10.5. The van der Waals surface area contributed by atoms with Gasteiger partial charge >= 0.3 is 6.09 Å². The molecule has 4 heterocycles. The molecule has 0 bridgehead atoms. The lowest BCUT2D eigenvalue weighted by Gasteiger charge is -2.34. The zero-order valence-electron chi connectivity index (χ0n) is 26.0. The van der Waals surface area contributed by atoms with Crippen molar-refractivity contribution in [1.82, 2.24) is 25.3 Å². The summed E-state index contributed by atoms with van der Waals surface area (Å²) < 4.78 is 40.3. The van der Waals surface area contributed by atoms with Crippen LogP contribution in [0.4, 0.5) is 25.5 Å². The predicted octanol–water partition coefficient (Wildman–Crippen LogP) is 6.02. The molecule has 10 nitrogen and oxygen atoms in total. The molecular formula is C32H40ClF2N7O3. The van der Waals surface area contributed by atoms with Gasteiger partial charge < -0.3 is 24.6 Å². The topological polar surface area (TPSA) is 106 Å². The third kappa shape index (κ3) is 8.68. The van der Waals surface area contributed by atoms with E-state index in [1.54, 1.807) is 45.6 Å². The molecule has 2 fully saturated rings. The first-order chi connectivity index (χ1) is 21.4. The van der Waals surface area contributed by atoms with Crippen LogP contribution in [-0.2, 0) is 4.74 Å². The van der Waals surface area contributed by atoms with E-state index in [0.717, 1.165) is 50.4 Å². The third-order valence-electron chi connectivity index (χ3n) is 8.35. The molecule has 2 aromatic heterocycles. The summed E-state index contributed by atoms with van der Waals surface area (Å²) in [4.78, 5) is 34.3. The molecule has 45 heavy (non-hydrogen) atoms. The van der Waals surface area contributed by atoms with E-state index in [0.29, 0.717) is 41.7 Å². The number of carbonyl (C=O) groups is 1. The summed E-state index contributed by atoms with van der Waals surface area (Å²) in [5.74, 6) is 1.11. The van der Waals surface area contributed by atoms with Crippen LogP contribution in [0, 0.1) is 23.5 Å². The first kappa shape index (κ1) is 32.6. The molecule has 2 aliphatic heterocycles. The third-order valence-corrected chi connectivity index (χ3v) is 8.55. The lowest BCUT2D eigenvalue weighted by Crippen LogP contribution is -2.43. The maximum atomic E-state index is 14.8. The molecule has 13 heteroatoms. The van der Waals surface area contributed by atoms with Crippen LogP contribution < -0.4 is 19.9 Å². The van der Waals surface area contributed by atoms with Crippen LogP contribution in [0.3, 0.4) is 0 Å². The molecule has 0 saturated carbocycles. The Labute approximate surface area is 267 Å². The van der Waals surface area contributed by atoms with E-state index in [1.807, 2.05) is 4.90 Å². The van der Waals surface area contributed by atoms with Crippen molar-refractivity contribution >= 4 is 29.6 Å². The van der Waals surface area contributed by atoms with E-state index in [1.165, 1.54) is 6.07 Å². The minimum atomic E-state index is -0.705. The van der Waals surface area contributed by atoms with E-state index in [9.17, 15) is 13.6 Å². The minimum absolute atomic E-state index is 0.177. The van der Waals surface area contributed by atoms with Gasteiger partial charge in [-0.1, -0.05) is 18.5 Å². The van der Waals surface area contributed by atoms with E-state index in [-0.39, 0.29) is 12.1 Å². The molecule has 1 amide bonds. The quantitative estimate of drug-likeness (QED) is 0.300. The number of hydrogen-bond acceptors (Lipinski definition) is 9. The fourth-order valence-corrected chi connectivity index (χ4v) is 6.07. The van der Waals surface area contributed by atoms with Crippen molar-refractivity contribution in [3.8, 4) is 5.75 Å². The Bertz CT molecular complexity index is 1430. The number of aromatic nitrogens is 4. The SMILES string of the molecule is C[C@H](CCOc1cnc(N2C[C@@H](NC(=O)OC(C)(C)C)[C@H](c3cc(F)ccc3F)C2)nc1)C1CCN(c2ncc(Cl)cn2)CC1. The Kier molecular flexibility index (Phi) is 10.2. The van der Waals surface area contributed by atoms with Crippen LogP contribution in [0.25, 0.3) is 0 Å². The van der Waals surface area contributed by atoms with Gasteiger partial charge in [0, 0.05) is 32.1 Å². The first-order valence-corrected chi connectivity index (χ1v) is 15.7. The fourth-order valence-electron chi connectivity index (χ4n) is 5.97.